The maximum absolute atomic E-state index is 11.8. The molecule has 0 aromatic carbocycles. The van der Waals surface area contributed by atoms with E-state index in [2.05, 4.69) is 29.5 Å². The lowest BCUT2D eigenvalue weighted by molar-refractivity contribution is -0.122. The summed E-state index contributed by atoms with van der Waals surface area (Å²) < 4.78 is 1.53. The molecule has 1 aromatic rings. The molecule has 0 radical (unpaired) electrons. The molecule has 0 saturated carbocycles. The Labute approximate surface area is 108 Å². The minimum absolute atomic E-state index is 0.0368. The van der Waals surface area contributed by atoms with E-state index in [1.165, 1.54) is 4.68 Å². The zero-order valence-corrected chi connectivity index (χ0v) is 11.4. The van der Waals surface area contributed by atoms with Gasteiger partial charge in [0.05, 0.1) is 17.9 Å². The van der Waals surface area contributed by atoms with Gasteiger partial charge in [0.15, 0.2) is 0 Å². The Bertz CT molecular complexity index is 372. The van der Waals surface area contributed by atoms with Crippen molar-refractivity contribution in [3.05, 3.63) is 11.9 Å². The third kappa shape index (κ3) is 4.10. The van der Waals surface area contributed by atoms with Gasteiger partial charge in [0.25, 0.3) is 0 Å². The molecule has 3 N–H and O–H groups in total. The predicted molar refractivity (Wildman–Crippen MR) is 69.8 cm³/mol. The average Bonchev–Trinajstić information content (AvgIpc) is 2.83. The summed E-state index contributed by atoms with van der Waals surface area (Å²) in [5.41, 5.74) is 6.58. The molecule has 1 rings (SSSR count). The van der Waals surface area contributed by atoms with E-state index < -0.39 is 0 Å². The quantitative estimate of drug-likeness (QED) is 0.759. The van der Waals surface area contributed by atoms with Crippen LogP contribution in [0, 0.1) is 0 Å². The highest BCUT2D eigenvalue weighted by Gasteiger charge is 2.12. The highest BCUT2D eigenvalue weighted by molar-refractivity contribution is 5.75. The van der Waals surface area contributed by atoms with E-state index in [1.54, 1.807) is 6.20 Å². The molecule has 1 aromatic heterocycles. The third-order valence-electron chi connectivity index (χ3n) is 3.03. The van der Waals surface area contributed by atoms with Crippen molar-refractivity contribution in [3.63, 3.8) is 0 Å². The Kier molecular flexibility index (Phi) is 5.77. The van der Waals surface area contributed by atoms with Crippen LogP contribution in [0.4, 0.5) is 0 Å². The molecule has 102 valence electrons. The van der Waals surface area contributed by atoms with Crippen molar-refractivity contribution < 1.29 is 4.79 Å². The molecular formula is C12H23N5O. The molecule has 1 heterocycles. The molecule has 0 saturated heterocycles. The summed E-state index contributed by atoms with van der Waals surface area (Å²) in [5, 5.41) is 10.8. The number of hydrogen-bond donors (Lipinski definition) is 2. The summed E-state index contributed by atoms with van der Waals surface area (Å²) in [5.74, 6) is -0.0368. The van der Waals surface area contributed by atoms with Crippen LogP contribution in [-0.2, 0) is 11.3 Å². The lowest BCUT2D eigenvalue weighted by Gasteiger charge is -2.14. The molecule has 6 nitrogen and oxygen atoms in total. The summed E-state index contributed by atoms with van der Waals surface area (Å²) in [4.78, 5) is 11.8. The average molecular weight is 253 g/mol. The Morgan fingerprint density at radius 3 is 2.61 bits per heavy atom. The van der Waals surface area contributed by atoms with Crippen LogP contribution in [0.25, 0.3) is 0 Å². The van der Waals surface area contributed by atoms with Gasteiger partial charge in [-0.3, -0.25) is 4.79 Å². The number of amides is 1. The molecule has 6 heteroatoms. The number of nitrogens with one attached hydrogen (secondary N) is 1. The van der Waals surface area contributed by atoms with E-state index in [1.807, 2.05) is 6.92 Å². The molecule has 0 spiro atoms. The lowest BCUT2D eigenvalue weighted by Crippen LogP contribution is -2.36. The molecule has 1 atom stereocenters. The number of rotatable bonds is 7. The van der Waals surface area contributed by atoms with E-state index in [0.717, 1.165) is 25.0 Å². The van der Waals surface area contributed by atoms with Gasteiger partial charge in [-0.25, -0.2) is 4.68 Å². The lowest BCUT2D eigenvalue weighted by atomic mass is 10.2. The minimum Gasteiger partial charge on any atom is -0.352 e. The predicted octanol–water partition coefficient (Wildman–Crippen LogP) is 0.993. The molecule has 18 heavy (non-hydrogen) atoms. The minimum atomic E-state index is -0.110. The van der Waals surface area contributed by atoms with Crippen molar-refractivity contribution in [1.82, 2.24) is 20.3 Å². The van der Waals surface area contributed by atoms with Gasteiger partial charge in [-0.2, -0.15) is 0 Å². The van der Waals surface area contributed by atoms with E-state index in [4.69, 9.17) is 5.73 Å². The van der Waals surface area contributed by atoms with Gasteiger partial charge in [0, 0.05) is 6.04 Å². The summed E-state index contributed by atoms with van der Waals surface area (Å²) in [6, 6.07) is 0.124. The van der Waals surface area contributed by atoms with E-state index in [9.17, 15) is 4.79 Å². The first-order valence-electron chi connectivity index (χ1n) is 6.55. The molecule has 1 amide bonds. The van der Waals surface area contributed by atoms with E-state index in [-0.39, 0.29) is 24.5 Å². The Morgan fingerprint density at radius 2 is 2.06 bits per heavy atom. The third-order valence-corrected chi connectivity index (χ3v) is 3.03. The highest BCUT2D eigenvalue weighted by atomic mass is 16.2. The Balaban J connectivity index is 2.52. The first-order chi connectivity index (χ1) is 8.60. The Morgan fingerprint density at radius 1 is 1.39 bits per heavy atom. The van der Waals surface area contributed by atoms with Crippen LogP contribution in [-0.4, -0.2) is 26.9 Å². The van der Waals surface area contributed by atoms with Gasteiger partial charge in [-0.15, -0.1) is 5.10 Å². The molecule has 0 aliphatic rings. The van der Waals surface area contributed by atoms with Crippen molar-refractivity contribution in [2.24, 2.45) is 5.73 Å². The number of nitrogens with two attached hydrogens (primary N) is 1. The topological polar surface area (TPSA) is 85.8 Å². The van der Waals surface area contributed by atoms with Gasteiger partial charge in [-0.1, -0.05) is 26.0 Å². The van der Waals surface area contributed by atoms with Crippen molar-refractivity contribution in [2.45, 2.75) is 58.7 Å². The van der Waals surface area contributed by atoms with Gasteiger partial charge >= 0.3 is 0 Å². The fourth-order valence-corrected chi connectivity index (χ4v) is 1.68. The second-order valence-electron chi connectivity index (χ2n) is 4.44. The van der Waals surface area contributed by atoms with Gasteiger partial charge in [0.2, 0.25) is 5.91 Å². The smallest absolute Gasteiger partial charge is 0.242 e. The normalized spacial score (nSPS) is 12.7. The second-order valence-corrected chi connectivity index (χ2v) is 4.44. The van der Waals surface area contributed by atoms with Crippen LogP contribution in [0.15, 0.2) is 6.20 Å². The molecule has 1 unspecified atom stereocenters. The van der Waals surface area contributed by atoms with Gasteiger partial charge in [0.1, 0.15) is 6.54 Å². The van der Waals surface area contributed by atoms with Crippen LogP contribution in [0.1, 0.15) is 51.8 Å². The largest absolute Gasteiger partial charge is 0.352 e. The molecule has 0 aliphatic carbocycles. The number of carbonyl (C=O) groups excluding carboxylic acids is 1. The summed E-state index contributed by atoms with van der Waals surface area (Å²) >= 11 is 0. The molecule has 0 fully saturated rings. The van der Waals surface area contributed by atoms with Crippen LogP contribution in [0.2, 0.25) is 0 Å². The zero-order valence-electron chi connectivity index (χ0n) is 11.4. The van der Waals surface area contributed by atoms with Crippen LogP contribution in [0.3, 0.4) is 0 Å². The van der Waals surface area contributed by atoms with Crippen molar-refractivity contribution in [3.8, 4) is 0 Å². The highest BCUT2D eigenvalue weighted by Crippen LogP contribution is 2.08. The van der Waals surface area contributed by atoms with Crippen molar-refractivity contribution >= 4 is 5.91 Å². The molecule has 0 bridgehead atoms. The number of hydrogen-bond acceptors (Lipinski definition) is 4. The van der Waals surface area contributed by atoms with Crippen molar-refractivity contribution in [1.29, 1.82) is 0 Å². The maximum Gasteiger partial charge on any atom is 0.242 e. The molecular weight excluding hydrogens is 230 g/mol. The zero-order chi connectivity index (χ0) is 13.5. The van der Waals surface area contributed by atoms with Crippen LogP contribution < -0.4 is 11.1 Å². The number of aromatic nitrogens is 3. The van der Waals surface area contributed by atoms with Crippen LogP contribution in [0.5, 0.6) is 0 Å². The summed E-state index contributed by atoms with van der Waals surface area (Å²) in [7, 11) is 0. The van der Waals surface area contributed by atoms with Crippen molar-refractivity contribution in [2.75, 3.05) is 0 Å². The monoisotopic (exact) mass is 253 g/mol. The Hall–Kier alpha value is -1.43. The number of carbonyl (C=O) groups is 1. The summed E-state index contributed by atoms with van der Waals surface area (Å²) in [6.07, 6.45) is 4.41. The second kappa shape index (κ2) is 7.10. The fraction of sp³-hybridized carbons (Fsp3) is 0.750. The van der Waals surface area contributed by atoms with Gasteiger partial charge < -0.3 is 11.1 Å². The number of nitrogens with zero attached hydrogens (tertiary/aromatic N) is 3. The fourth-order valence-electron chi connectivity index (χ4n) is 1.68. The molecule has 0 aliphatic heterocycles. The van der Waals surface area contributed by atoms with Crippen LogP contribution >= 0.6 is 0 Å². The SMILES string of the molecule is CCC(CC)NC(=O)Cn1cc(C(N)CC)nn1. The van der Waals surface area contributed by atoms with E-state index in [0.29, 0.717) is 0 Å². The first kappa shape index (κ1) is 14.6. The standard InChI is InChI=1S/C12H23N5O/c1-4-9(5-2)14-12(18)8-17-7-11(15-16-17)10(13)6-3/h7,9-10H,4-6,8,13H2,1-3H3,(H,14,18). The summed E-state index contributed by atoms with van der Waals surface area (Å²) in [6.45, 7) is 6.30. The maximum atomic E-state index is 11.8. The van der Waals surface area contributed by atoms with Gasteiger partial charge in [-0.05, 0) is 19.3 Å². The first-order valence-corrected chi connectivity index (χ1v) is 6.55. The van der Waals surface area contributed by atoms with E-state index >= 15 is 0 Å².